The van der Waals surface area contributed by atoms with Gasteiger partial charge in [-0.05, 0) is 24.6 Å². The number of ether oxygens (including phenoxy) is 3. The lowest BCUT2D eigenvalue weighted by Gasteiger charge is -2.10. The predicted molar refractivity (Wildman–Crippen MR) is 69.9 cm³/mol. The highest BCUT2D eigenvalue weighted by Gasteiger charge is 2.26. The molecule has 0 amide bonds. The minimum Gasteiger partial charge on any atom is -0.489 e. The minimum absolute atomic E-state index is 0.0105. The predicted octanol–water partition coefficient (Wildman–Crippen LogP) is 2.31. The molecule has 2 unspecified atom stereocenters. The van der Waals surface area contributed by atoms with Gasteiger partial charge in [0.15, 0.2) is 17.3 Å². The van der Waals surface area contributed by atoms with Crippen LogP contribution in [0.4, 0.5) is 0 Å². The van der Waals surface area contributed by atoms with Gasteiger partial charge in [-0.3, -0.25) is 4.79 Å². The molecule has 2 aliphatic heterocycles. The molecule has 0 saturated carbocycles. The van der Waals surface area contributed by atoms with E-state index in [1.165, 1.54) is 0 Å². The van der Waals surface area contributed by atoms with Crippen LogP contribution in [0.5, 0.6) is 11.5 Å². The molecule has 2 heterocycles. The van der Waals surface area contributed by atoms with Crippen molar-refractivity contribution in [1.29, 1.82) is 0 Å². The van der Waals surface area contributed by atoms with Gasteiger partial charge in [0.2, 0.25) is 0 Å². The first-order valence-electron chi connectivity index (χ1n) is 6.75. The SMILES string of the molecule is CC1COc2ccc(C(=O)C3CCOC3)cc2OC1. The quantitative estimate of drug-likeness (QED) is 0.767. The summed E-state index contributed by atoms with van der Waals surface area (Å²) < 4.78 is 16.6. The van der Waals surface area contributed by atoms with E-state index in [2.05, 4.69) is 6.92 Å². The maximum atomic E-state index is 12.3. The molecule has 1 fully saturated rings. The van der Waals surface area contributed by atoms with Crippen molar-refractivity contribution >= 4 is 5.78 Å². The van der Waals surface area contributed by atoms with Crippen LogP contribution in [-0.2, 0) is 4.74 Å². The number of Topliss-reactive ketones (excluding diaryl/α,β-unsaturated/α-hetero) is 1. The molecule has 102 valence electrons. The van der Waals surface area contributed by atoms with E-state index in [0.717, 1.165) is 12.2 Å². The van der Waals surface area contributed by atoms with E-state index < -0.39 is 0 Å². The van der Waals surface area contributed by atoms with Gasteiger partial charge in [-0.2, -0.15) is 0 Å². The van der Waals surface area contributed by atoms with E-state index >= 15 is 0 Å². The molecule has 0 aromatic heterocycles. The van der Waals surface area contributed by atoms with E-state index in [1.54, 1.807) is 6.07 Å². The summed E-state index contributed by atoms with van der Waals surface area (Å²) in [5.74, 6) is 1.89. The maximum absolute atomic E-state index is 12.3. The van der Waals surface area contributed by atoms with Gasteiger partial charge >= 0.3 is 0 Å². The van der Waals surface area contributed by atoms with Gasteiger partial charge < -0.3 is 14.2 Å². The van der Waals surface area contributed by atoms with Crippen molar-refractivity contribution in [2.75, 3.05) is 26.4 Å². The second-order valence-corrected chi connectivity index (χ2v) is 5.31. The molecule has 1 aromatic carbocycles. The van der Waals surface area contributed by atoms with Crippen LogP contribution in [0, 0.1) is 11.8 Å². The van der Waals surface area contributed by atoms with Crippen LogP contribution in [0.25, 0.3) is 0 Å². The maximum Gasteiger partial charge on any atom is 0.168 e. The fraction of sp³-hybridized carbons (Fsp3) is 0.533. The Bertz CT molecular complexity index is 477. The van der Waals surface area contributed by atoms with Crippen LogP contribution in [0.1, 0.15) is 23.7 Å². The van der Waals surface area contributed by atoms with E-state index in [0.29, 0.717) is 43.7 Å². The topological polar surface area (TPSA) is 44.8 Å². The number of ketones is 1. The Balaban J connectivity index is 1.82. The molecule has 2 aliphatic rings. The van der Waals surface area contributed by atoms with Crippen LogP contribution in [0.3, 0.4) is 0 Å². The molecule has 19 heavy (non-hydrogen) atoms. The van der Waals surface area contributed by atoms with Gasteiger partial charge in [-0.1, -0.05) is 6.92 Å². The standard InChI is InChI=1S/C15H18O4/c1-10-7-18-13-3-2-11(6-14(13)19-8-10)15(16)12-4-5-17-9-12/h2-3,6,10,12H,4-5,7-9H2,1H3. The van der Waals surface area contributed by atoms with E-state index in [-0.39, 0.29) is 11.7 Å². The van der Waals surface area contributed by atoms with Crippen molar-refractivity contribution in [3.8, 4) is 11.5 Å². The van der Waals surface area contributed by atoms with Crippen molar-refractivity contribution in [3.05, 3.63) is 23.8 Å². The first-order valence-corrected chi connectivity index (χ1v) is 6.75. The lowest BCUT2D eigenvalue weighted by atomic mass is 9.97. The molecule has 0 radical (unpaired) electrons. The number of fused-ring (bicyclic) bond motifs is 1. The number of hydrogen-bond acceptors (Lipinski definition) is 4. The Morgan fingerprint density at radius 3 is 2.68 bits per heavy atom. The zero-order chi connectivity index (χ0) is 13.2. The molecule has 1 saturated heterocycles. The average Bonchev–Trinajstić information content (AvgIpc) is 2.90. The summed E-state index contributed by atoms with van der Waals surface area (Å²) in [7, 11) is 0. The third kappa shape index (κ3) is 2.59. The summed E-state index contributed by atoms with van der Waals surface area (Å²) >= 11 is 0. The zero-order valence-corrected chi connectivity index (χ0v) is 11.1. The third-order valence-electron chi connectivity index (χ3n) is 3.58. The smallest absolute Gasteiger partial charge is 0.168 e. The number of hydrogen-bond donors (Lipinski definition) is 0. The zero-order valence-electron chi connectivity index (χ0n) is 11.1. The molecule has 3 rings (SSSR count). The second-order valence-electron chi connectivity index (χ2n) is 5.31. The van der Waals surface area contributed by atoms with E-state index in [4.69, 9.17) is 14.2 Å². The summed E-state index contributed by atoms with van der Waals surface area (Å²) in [4.78, 5) is 12.3. The van der Waals surface area contributed by atoms with Crippen molar-refractivity contribution in [1.82, 2.24) is 0 Å². The van der Waals surface area contributed by atoms with Gasteiger partial charge in [0, 0.05) is 24.0 Å². The highest BCUT2D eigenvalue weighted by atomic mass is 16.5. The molecular formula is C15H18O4. The average molecular weight is 262 g/mol. The Labute approximate surface area is 112 Å². The lowest BCUT2D eigenvalue weighted by Crippen LogP contribution is -2.14. The molecule has 4 nitrogen and oxygen atoms in total. The normalized spacial score (nSPS) is 25.9. The second kappa shape index (κ2) is 5.21. The number of carbonyl (C=O) groups is 1. The summed E-state index contributed by atoms with van der Waals surface area (Å²) in [6, 6.07) is 5.45. The van der Waals surface area contributed by atoms with Crippen molar-refractivity contribution in [3.63, 3.8) is 0 Å². The first kappa shape index (κ1) is 12.5. The molecule has 0 aliphatic carbocycles. The van der Waals surface area contributed by atoms with Crippen molar-refractivity contribution in [2.45, 2.75) is 13.3 Å². The van der Waals surface area contributed by atoms with Crippen molar-refractivity contribution < 1.29 is 19.0 Å². The Hall–Kier alpha value is -1.55. The molecule has 0 bridgehead atoms. The van der Waals surface area contributed by atoms with Gasteiger partial charge in [-0.25, -0.2) is 0 Å². The molecule has 1 aromatic rings. The summed E-state index contributed by atoms with van der Waals surface area (Å²) in [5, 5.41) is 0. The van der Waals surface area contributed by atoms with Crippen LogP contribution < -0.4 is 9.47 Å². The van der Waals surface area contributed by atoms with Gasteiger partial charge in [0.05, 0.1) is 19.8 Å². The number of carbonyl (C=O) groups excluding carboxylic acids is 1. The number of rotatable bonds is 2. The van der Waals surface area contributed by atoms with Crippen LogP contribution in [0.2, 0.25) is 0 Å². The van der Waals surface area contributed by atoms with Gasteiger partial charge in [-0.15, -0.1) is 0 Å². The van der Waals surface area contributed by atoms with Gasteiger partial charge in [0.25, 0.3) is 0 Å². The number of benzene rings is 1. The monoisotopic (exact) mass is 262 g/mol. The Kier molecular flexibility index (Phi) is 3.42. The lowest BCUT2D eigenvalue weighted by molar-refractivity contribution is 0.0900. The molecule has 4 heteroatoms. The van der Waals surface area contributed by atoms with E-state index in [1.807, 2.05) is 12.1 Å². The van der Waals surface area contributed by atoms with Crippen LogP contribution in [-0.4, -0.2) is 32.2 Å². The fourth-order valence-electron chi connectivity index (χ4n) is 2.38. The highest BCUT2D eigenvalue weighted by Crippen LogP contribution is 2.32. The molecule has 2 atom stereocenters. The highest BCUT2D eigenvalue weighted by molar-refractivity contribution is 5.98. The summed E-state index contributed by atoms with van der Waals surface area (Å²) in [5.41, 5.74) is 0.687. The van der Waals surface area contributed by atoms with Crippen molar-refractivity contribution in [2.24, 2.45) is 11.8 Å². The summed E-state index contributed by atoms with van der Waals surface area (Å²) in [6.45, 7) is 4.56. The first-order chi connectivity index (χ1) is 9.24. The van der Waals surface area contributed by atoms with Crippen LogP contribution >= 0.6 is 0 Å². The fourth-order valence-corrected chi connectivity index (χ4v) is 2.38. The van der Waals surface area contributed by atoms with Crippen LogP contribution in [0.15, 0.2) is 18.2 Å². The molecule has 0 N–H and O–H groups in total. The molecule has 0 spiro atoms. The Morgan fingerprint density at radius 2 is 1.95 bits per heavy atom. The third-order valence-corrected chi connectivity index (χ3v) is 3.58. The minimum atomic E-state index is -0.0105. The Morgan fingerprint density at radius 1 is 1.16 bits per heavy atom. The summed E-state index contributed by atoms with van der Waals surface area (Å²) in [6.07, 6.45) is 0.810. The van der Waals surface area contributed by atoms with E-state index in [9.17, 15) is 4.79 Å². The molecular weight excluding hydrogens is 244 g/mol. The largest absolute Gasteiger partial charge is 0.489 e. The van der Waals surface area contributed by atoms with Gasteiger partial charge in [0.1, 0.15) is 0 Å².